The summed E-state index contributed by atoms with van der Waals surface area (Å²) >= 11 is 1.65. The topological polar surface area (TPSA) is 64.4 Å². The van der Waals surface area contributed by atoms with Crippen LogP contribution in [-0.2, 0) is 9.53 Å². The molecule has 0 bridgehead atoms. The molecule has 1 heterocycles. The number of thioether (sulfide) groups is 1. The van der Waals surface area contributed by atoms with Gasteiger partial charge >= 0.3 is 0 Å². The highest BCUT2D eigenvalue weighted by molar-refractivity contribution is 7.99. The summed E-state index contributed by atoms with van der Waals surface area (Å²) in [5, 5.41) is 2.90. The van der Waals surface area contributed by atoms with Crippen LogP contribution in [0.1, 0.15) is 19.3 Å². The Morgan fingerprint density at radius 1 is 1.36 bits per heavy atom. The van der Waals surface area contributed by atoms with Gasteiger partial charge < -0.3 is 15.8 Å². The molecule has 0 saturated carbocycles. The van der Waals surface area contributed by atoms with Gasteiger partial charge in [0.25, 0.3) is 0 Å². The first-order chi connectivity index (χ1) is 10.7. The zero-order chi connectivity index (χ0) is 15.8. The summed E-state index contributed by atoms with van der Waals surface area (Å²) in [5.74, 6) is 0.804. The van der Waals surface area contributed by atoms with E-state index in [-0.39, 0.29) is 17.6 Å². The maximum Gasteiger partial charge on any atom is 0.237 e. The molecule has 1 aromatic rings. The average Bonchev–Trinajstić information content (AvgIpc) is 2.56. The van der Waals surface area contributed by atoms with Crippen LogP contribution in [0.4, 0.5) is 4.39 Å². The first-order valence-electron chi connectivity index (χ1n) is 7.66. The largest absolute Gasteiger partial charge is 0.381 e. The first-order valence-corrected chi connectivity index (χ1v) is 8.65. The van der Waals surface area contributed by atoms with Gasteiger partial charge in [0.05, 0.1) is 6.04 Å². The lowest BCUT2D eigenvalue weighted by Crippen LogP contribution is -2.47. The van der Waals surface area contributed by atoms with E-state index in [0.29, 0.717) is 19.8 Å². The standard InChI is InChI=1S/C16H23FN2O2S/c17-13-2-4-14(5-3-13)22-11-1-8-19-16(20)15(18)12-6-9-21-10-7-12/h2-5,12,15H,1,6-11,18H2,(H,19,20). The highest BCUT2D eigenvalue weighted by atomic mass is 32.2. The third kappa shape index (κ3) is 5.59. The van der Waals surface area contributed by atoms with Crippen molar-refractivity contribution >= 4 is 17.7 Å². The zero-order valence-electron chi connectivity index (χ0n) is 12.6. The number of amides is 1. The number of nitrogens with one attached hydrogen (secondary N) is 1. The van der Waals surface area contributed by atoms with Gasteiger partial charge in [-0.25, -0.2) is 4.39 Å². The number of nitrogens with two attached hydrogens (primary N) is 1. The van der Waals surface area contributed by atoms with Gasteiger partial charge in [0.1, 0.15) is 5.82 Å². The number of carbonyl (C=O) groups excluding carboxylic acids is 1. The molecule has 1 fully saturated rings. The maximum absolute atomic E-state index is 12.8. The Kier molecular flexibility index (Phi) is 7.15. The second-order valence-electron chi connectivity index (χ2n) is 5.42. The molecule has 0 aliphatic carbocycles. The van der Waals surface area contributed by atoms with E-state index in [4.69, 9.17) is 10.5 Å². The van der Waals surface area contributed by atoms with Gasteiger partial charge in [-0.05, 0) is 55.2 Å². The highest BCUT2D eigenvalue weighted by Crippen LogP contribution is 2.19. The minimum absolute atomic E-state index is 0.0707. The van der Waals surface area contributed by atoms with Crippen molar-refractivity contribution in [3.8, 4) is 0 Å². The third-order valence-corrected chi connectivity index (χ3v) is 4.88. The van der Waals surface area contributed by atoms with Crippen molar-refractivity contribution in [3.63, 3.8) is 0 Å². The second kappa shape index (κ2) is 9.12. The molecule has 1 unspecified atom stereocenters. The zero-order valence-corrected chi connectivity index (χ0v) is 13.4. The molecule has 1 atom stereocenters. The van der Waals surface area contributed by atoms with Crippen LogP contribution in [0, 0.1) is 11.7 Å². The van der Waals surface area contributed by atoms with E-state index in [9.17, 15) is 9.18 Å². The fourth-order valence-corrected chi connectivity index (χ4v) is 3.26. The molecular weight excluding hydrogens is 303 g/mol. The number of hydrogen-bond donors (Lipinski definition) is 2. The Bertz CT molecular complexity index is 464. The quantitative estimate of drug-likeness (QED) is 0.595. The number of benzene rings is 1. The Morgan fingerprint density at radius 2 is 2.05 bits per heavy atom. The monoisotopic (exact) mass is 326 g/mol. The van der Waals surface area contributed by atoms with E-state index in [2.05, 4.69) is 5.32 Å². The average molecular weight is 326 g/mol. The van der Waals surface area contributed by atoms with E-state index >= 15 is 0 Å². The fraction of sp³-hybridized carbons (Fsp3) is 0.562. The van der Waals surface area contributed by atoms with Crippen LogP contribution in [0.3, 0.4) is 0 Å². The summed E-state index contributed by atoms with van der Waals surface area (Å²) in [7, 11) is 0. The second-order valence-corrected chi connectivity index (χ2v) is 6.59. The molecule has 1 aromatic carbocycles. The summed E-state index contributed by atoms with van der Waals surface area (Å²) in [4.78, 5) is 13.0. The van der Waals surface area contributed by atoms with Crippen LogP contribution in [0.5, 0.6) is 0 Å². The minimum Gasteiger partial charge on any atom is -0.381 e. The van der Waals surface area contributed by atoms with Gasteiger partial charge in [0, 0.05) is 24.7 Å². The minimum atomic E-state index is -0.436. The molecule has 0 aromatic heterocycles. The molecule has 4 nitrogen and oxygen atoms in total. The Balaban J connectivity index is 1.59. The maximum atomic E-state index is 12.8. The summed E-state index contributed by atoms with van der Waals surface area (Å²) in [5.41, 5.74) is 6.00. The molecule has 122 valence electrons. The SMILES string of the molecule is NC(C(=O)NCCCSc1ccc(F)cc1)C1CCOCC1. The summed E-state index contributed by atoms with van der Waals surface area (Å²) < 4.78 is 18.0. The van der Waals surface area contributed by atoms with Gasteiger partial charge in [-0.15, -0.1) is 11.8 Å². The van der Waals surface area contributed by atoms with Crippen molar-refractivity contribution in [1.82, 2.24) is 5.32 Å². The molecule has 1 aliphatic heterocycles. The van der Waals surface area contributed by atoms with E-state index in [1.54, 1.807) is 23.9 Å². The van der Waals surface area contributed by atoms with E-state index in [1.807, 2.05) is 0 Å². The molecule has 3 N–H and O–H groups in total. The van der Waals surface area contributed by atoms with Crippen molar-refractivity contribution in [2.45, 2.75) is 30.2 Å². The predicted molar refractivity (Wildman–Crippen MR) is 86.3 cm³/mol. The fourth-order valence-electron chi connectivity index (χ4n) is 2.41. The van der Waals surface area contributed by atoms with Crippen molar-refractivity contribution in [2.24, 2.45) is 11.7 Å². The smallest absolute Gasteiger partial charge is 0.237 e. The number of rotatable bonds is 7. The van der Waals surface area contributed by atoms with Crippen molar-refractivity contribution in [1.29, 1.82) is 0 Å². The highest BCUT2D eigenvalue weighted by Gasteiger charge is 2.26. The molecule has 0 radical (unpaired) electrons. The normalized spacial score (nSPS) is 17.2. The van der Waals surface area contributed by atoms with Crippen LogP contribution in [0.25, 0.3) is 0 Å². The van der Waals surface area contributed by atoms with Crippen LogP contribution >= 0.6 is 11.8 Å². The number of hydrogen-bond acceptors (Lipinski definition) is 4. The lowest BCUT2D eigenvalue weighted by molar-refractivity contribution is -0.124. The van der Waals surface area contributed by atoms with Crippen molar-refractivity contribution < 1.29 is 13.9 Å². The molecule has 2 rings (SSSR count). The molecule has 1 amide bonds. The lowest BCUT2D eigenvalue weighted by Gasteiger charge is -2.26. The molecule has 22 heavy (non-hydrogen) atoms. The van der Waals surface area contributed by atoms with Gasteiger partial charge in [-0.2, -0.15) is 0 Å². The van der Waals surface area contributed by atoms with Crippen molar-refractivity contribution in [3.05, 3.63) is 30.1 Å². The number of ether oxygens (including phenoxy) is 1. The van der Waals surface area contributed by atoms with Gasteiger partial charge in [-0.1, -0.05) is 0 Å². The summed E-state index contributed by atoms with van der Waals surface area (Å²) in [6.07, 6.45) is 2.57. The summed E-state index contributed by atoms with van der Waals surface area (Å²) in [6.45, 7) is 2.00. The first kappa shape index (κ1) is 17.2. The molecule has 1 aliphatic rings. The van der Waals surface area contributed by atoms with Crippen LogP contribution in [0.2, 0.25) is 0 Å². The third-order valence-electron chi connectivity index (χ3n) is 3.78. The summed E-state index contributed by atoms with van der Waals surface area (Å²) in [6, 6.07) is 6.00. The van der Waals surface area contributed by atoms with Crippen LogP contribution in [-0.4, -0.2) is 37.5 Å². The van der Waals surface area contributed by atoms with Crippen LogP contribution in [0.15, 0.2) is 29.2 Å². The predicted octanol–water partition coefficient (Wildman–Crippen LogP) is 2.18. The van der Waals surface area contributed by atoms with Crippen LogP contribution < -0.4 is 11.1 Å². The molecule has 0 spiro atoms. The molecule has 1 saturated heterocycles. The Hall–Kier alpha value is -1.11. The van der Waals surface area contributed by atoms with Gasteiger partial charge in [0.2, 0.25) is 5.91 Å². The number of carbonyl (C=O) groups is 1. The lowest BCUT2D eigenvalue weighted by atomic mass is 9.92. The molecule has 6 heteroatoms. The van der Waals surface area contributed by atoms with E-state index in [0.717, 1.165) is 29.9 Å². The number of halogens is 1. The Labute approximate surface area is 135 Å². The van der Waals surface area contributed by atoms with Gasteiger partial charge in [0.15, 0.2) is 0 Å². The van der Waals surface area contributed by atoms with E-state index < -0.39 is 6.04 Å². The molecular formula is C16H23FN2O2S. The Morgan fingerprint density at radius 3 is 2.73 bits per heavy atom. The van der Waals surface area contributed by atoms with E-state index in [1.165, 1.54) is 12.1 Å². The van der Waals surface area contributed by atoms with Crippen molar-refractivity contribution in [2.75, 3.05) is 25.5 Å². The van der Waals surface area contributed by atoms with Gasteiger partial charge in [-0.3, -0.25) is 4.79 Å².